The third-order valence-corrected chi connectivity index (χ3v) is 6.50. The molecule has 2 aliphatic heterocycles. The number of ketones is 1. The molecule has 0 aromatic heterocycles. The number of nitrogens with zero attached hydrogens (tertiary/aromatic N) is 2. The van der Waals surface area contributed by atoms with Crippen LogP contribution in [-0.2, 0) is 9.59 Å². The lowest BCUT2D eigenvalue weighted by molar-refractivity contribution is -0.132. The third-order valence-electron chi connectivity index (χ3n) is 6.50. The number of carbonyl (C=O) groups is 2. The molecule has 3 aromatic carbocycles. The van der Waals surface area contributed by atoms with E-state index < -0.39 is 17.7 Å². The smallest absolute Gasteiger partial charge is 0.300 e. The minimum Gasteiger partial charge on any atom is -0.507 e. The number of Topliss-reactive ketones (excluding diaryl/α,β-unsaturated/α-hetero) is 1. The van der Waals surface area contributed by atoms with Crippen LogP contribution in [0, 0.1) is 13.8 Å². The molecule has 1 saturated heterocycles. The molecule has 0 bridgehead atoms. The second-order valence-corrected chi connectivity index (χ2v) is 8.82. The Hall–Kier alpha value is -4.06. The molecule has 6 heteroatoms. The Morgan fingerprint density at radius 2 is 1.74 bits per heavy atom. The van der Waals surface area contributed by atoms with E-state index in [4.69, 9.17) is 4.74 Å². The number of aliphatic hydroxyl groups excluding tert-OH is 1. The van der Waals surface area contributed by atoms with Crippen molar-refractivity contribution in [2.24, 2.45) is 0 Å². The SMILES string of the molecule is Cc1ccc(N2C(=O)C(=O)/C(=C(\O)c3ccc4c(c3)N(C)CCO4)C2c2ccccc2)c(C)c1. The van der Waals surface area contributed by atoms with Gasteiger partial charge in [-0.2, -0.15) is 0 Å². The zero-order valence-electron chi connectivity index (χ0n) is 19.4. The molecule has 0 radical (unpaired) electrons. The van der Waals surface area contributed by atoms with Gasteiger partial charge in [-0.05, 0) is 49.2 Å². The van der Waals surface area contributed by atoms with Crippen LogP contribution in [0.2, 0.25) is 0 Å². The minimum atomic E-state index is -0.743. The maximum atomic E-state index is 13.4. The zero-order chi connectivity index (χ0) is 24.0. The van der Waals surface area contributed by atoms with Crippen LogP contribution in [0.25, 0.3) is 5.76 Å². The fourth-order valence-corrected chi connectivity index (χ4v) is 4.76. The van der Waals surface area contributed by atoms with E-state index in [1.807, 2.05) is 74.3 Å². The first-order chi connectivity index (χ1) is 16.4. The Morgan fingerprint density at radius 3 is 2.47 bits per heavy atom. The van der Waals surface area contributed by atoms with Gasteiger partial charge in [0.05, 0.1) is 23.8 Å². The number of carbonyl (C=O) groups excluding carboxylic acids is 2. The van der Waals surface area contributed by atoms with Gasteiger partial charge in [-0.15, -0.1) is 0 Å². The van der Waals surface area contributed by atoms with Crippen molar-refractivity contribution in [1.29, 1.82) is 0 Å². The second kappa shape index (κ2) is 8.37. The van der Waals surface area contributed by atoms with Gasteiger partial charge in [-0.3, -0.25) is 14.5 Å². The van der Waals surface area contributed by atoms with Gasteiger partial charge in [0.2, 0.25) is 0 Å². The van der Waals surface area contributed by atoms with Crippen LogP contribution < -0.4 is 14.5 Å². The molecule has 1 amide bonds. The summed E-state index contributed by atoms with van der Waals surface area (Å²) in [7, 11) is 1.95. The van der Waals surface area contributed by atoms with E-state index in [1.54, 1.807) is 18.2 Å². The zero-order valence-corrected chi connectivity index (χ0v) is 19.4. The summed E-state index contributed by atoms with van der Waals surface area (Å²) >= 11 is 0. The highest BCUT2D eigenvalue weighted by Crippen LogP contribution is 2.44. The van der Waals surface area contributed by atoms with Gasteiger partial charge >= 0.3 is 0 Å². The summed E-state index contributed by atoms with van der Waals surface area (Å²) in [6.07, 6.45) is 0. The van der Waals surface area contributed by atoms with Crippen LogP contribution in [-0.4, -0.2) is 37.0 Å². The lowest BCUT2D eigenvalue weighted by Gasteiger charge is -2.28. The predicted molar refractivity (Wildman–Crippen MR) is 132 cm³/mol. The van der Waals surface area contributed by atoms with Gasteiger partial charge in [0.1, 0.15) is 18.1 Å². The van der Waals surface area contributed by atoms with Crippen LogP contribution in [0.15, 0.2) is 72.3 Å². The Bertz CT molecular complexity index is 1330. The number of aliphatic hydroxyl groups is 1. The highest BCUT2D eigenvalue weighted by atomic mass is 16.5. The third kappa shape index (κ3) is 3.52. The number of ether oxygens (including phenoxy) is 1. The lowest BCUT2D eigenvalue weighted by atomic mass is 9.94. The van der Waals surface area contributed by atoms with E-state index in [2.05, 4.69) is 0 Å². The van der Waals surface area contributed by atoms with Gasteiger partial charge in [0.15, 0.2) is 0 Å². The number of benzene rings is 3. The minimum absolute atomic E-state index is 0.0792. The first kappa shape index (κ1) is 21.8. The monoisotopic (exact) mass is 454 g/mol. The van der Waals surface area contributed by atoms with Crippen molar-refractivity contribution in [3.05, 3.63) is 94.6 Å². The summed E-state index contributed by atoms with van der Waals surface area (Å²) < 4.78 is 5.71. The highest BCUT2D eigenvalue weighted by molar-refractivity contribution is 6.51. The summed E-state index contributed by atoms with van der Waals surface area (Å²) in [5.74, 6) is -0.823. The molecule has 172 valence electrons. The van der Waals surface area contributed by atoms with Gasteiger partial charge in [0, 0.05) is 18.3 Å². The number of hydrogen-bond acceptors (Lipinski definition) is 5. The van der Waals surface area contributed by atoms with Gasteiger partial charge in [0.25, 0.3) is 11.7 Å². The molecular weight excluding hydrogens is 428 g/mol. The Morgan fingerprint density at radius 1 is 0.971 bits per heavy atom. The molecule has 3 aromatic rings. The summed E-state index contributed by atoms with van der Waals surface area (Å²) in [5, 5.41) is 11.4. The number of likely N-dealkylation sites (N-methyl/N-ethyl adjacent to an activating group) is 1. The van der Waals surface area contributed by atoms with Crippen molar-refractivity contribution in [3.63, 3.8) is 0 Å². The van der Waals surface area contributed by atoms with Crippen molar-refractivity contribution >= 4 is 28.8 Å². The fourth-order valence-electron chi connectivity index (χ4n) is 4.76. The highest BCUT2D eigenvalue weighted by Gasteiger charge is 2.47. The van der Waals surface area contributed by atoms with E-state index in [0.29, 0.717) is 17.9 Å². The number of fused-ring (bicyclic) bond motifs is 1. The number of hydrogen-bond donors (Lipinski definition) is 1. The van der Waals surface area contributed by atoms with Crippen molar-refractivity contribution in [1.82, 2.24) is 0 Å². The van der Waals surface area contributed by atoms with Crippen LogP contribution in [0.4, 0.5) is 11.4 Å². The average molecular weight is 455 g/mol. The van der Waals surface area contributed by atoms with Crippen LogP contribution >= 0.6 is 0 Å². The molecule has 0 aliphatic carbocycles. The van der Waals surface area contributed by atoms with Crippen LogP contribution in [0.3, 0.4) is 0 Å². The normalized spacial score (nSPS) is 19.2. The molecule has 34 heavy (non-hydrogen) atoms. The van der Waals surface area contributed by atoms with Crippen LogP contribution in [0.5, 0.6) is 5.75 Å². The lowest BCUT2D eigenvalue weighted by Crippen LogP contribution is -2.30. The van der Waals surface area contributed by atoms with Crippen molar-refractivity contribution in [2.45, 2.75) is 19.9 Å². The Labute approximate surface area is 198 Å². The maximum absolute atomic E-state index is 13.4. The molecule has 5 rings (SSSR count). The summed E-state index contributed by atoms with van der Waals surface area (Å²) in [4.78, 5) is 30.3. The van der Waals surface area contributed by atoms with Gasteiger partial charge in [-0.25, -0.2) is 0 Å². The number of anilines is 2. The fraction of sp³-hybridized carbons (Fsp3) is 0.214. The number of rotatable bonds is 3. The van der Waals surface area contributed by atoms with E-state index in [9.17, 15) is 14.7 Å². The number of aryl methyl sites for hydroxylation is 2. The first-order valence-corrected chi connectivity index (χ1v) is 11.3. The molecule has 0 spiro atoms. The molecule has 1 N–H and O–H groups in total. The van der Waals surface area contributed by atoms with Crippen molar-refractivity contribution < 1.29 is 19.4 Å². The average Bonchev–Trinajstić information content (AvgIpc) is 3.10. The molecule has 6 nitrogen and oxygen atoms in total. The van der Waals surface area contributed by atoms with Crippen molar-refractivity contribution in [2.75, 3.05) is 30.0 Å². The topological polar surface area (TPSA) is 70.1 Å². The predicted octanol–water partition coefficient (Wildman–Crippen LogP) is 4.76. The quantitative estimate of drug-likeness (QED) is 0.351. The molecule has 1 atom stereocenters. The Balaban J connectivity index is 1.71. The maximum Gasteiger partial charge on any atom is 0.300 e. The second-order valence-electron chi connectivity index (χ2n) is 8.82. The molecule has 2 heterocycles. The first-order valence-electron chi connectivity index (χ1n) is 11.3. The number of amides is 1. The van der Waals surface area contributed by atoms with Crippen molar-refractivity contribution in [3.8, 4) is 5.75 Å². The van der Waals surface area contributed by atoms with Crippen LogP contribution in [0.1, 0.15) is 28.3 Å². The van der Waals surface area contributed by atoms with E-state index in [1.165, 1.54) is 4.90 Å². The molecule has 2 aliphatic rings. The van der Waals surface area contributed by atoms with Gasteiger partial charge in [-0.1, -0.05) is 48.0 Å². The van der Waals surface area contributed by atoms with E-state index in [-0.39, 0.29) is 11.3 Å². The summed E-state index contributed by atoms with van der Waals surface area (Å²) in [5.41, 5.74) is 4.73. The standard InChI is InChI=1S/C28H26N2O4/c1-17-9-11-21(18(2)15-17)30-25(19-7-5-4-6-8-19)24(27(32)28(30)33)26(31)20-10-12-23-22(16-20)29(3)13-14-34-23/h4-12,15-16,25,31H,13-14H2,1-3H3/b26-24-. The van der Waals surface area contributed by atoms with Gasteiger partial charge < -0.3 is 14.7 Å². The molecule has 0 saturated carbocycles. The summed E-state index contributed by atoms with van der Waals surface area (Å²) in [6.45, 7) is 5.21. The summed E-state index contributed by atoms with van der Waals surface area (Å²) in [6, 6.07) is 19.7. The molecular formula is C28H26N2O4. The molecule has 1 unspecified atom stereocenters. The van der Waals surface area contributed by atoms with E-state index >= 15 is 0 Å². The molecule has 1 fully saturated rings. The van der Waals surface area contributed by atoms with E-state index in [0.717, 1.165) is 34.7 Å². The largest absolute Gasteiger partial charge is 0.507 e. The Kier molecular flexibility index (Phi) is 5.36.